The van der Waals surface area contributed by atoms with Gasteiger partial charge in [0.25, 0.3) is 0 Å². The third-order valence-electron chi connectivity index (χ3n) is 2.17. The smallest absolute Gasteiger partial charge is 0.399 e. The van der Waals surface area contributed by atoms with Crippen LogP contribution in [-0.2, 0) is 10.2 Å². The maximum absolute atomic E-state index is 13.3. The Morgan fingerprint density at radius 2 is 1.94 bits per heavy atom. The summed E-state index contributed by atoms with van der Waals surface area (Å²) in [4.78, 5) is 17.1. The van der Waals surface area contributed by atoms with Crippen LogP contribution in [-0.4, -0.2) is 9.79 Å². The van der Waals surface area contributed by atoms with Gasteiger partial charge >= 0.3 is 13.3 Å². The molecule has 4 nitrogen and oxygen atoms in total. The van der Waals surface area contributed by atoms with Crippen molar-refractivity contribution in [3.8, 4) is 0 Å². The number of halogens is 2. The molecule has 16 heavy (non-hydrogen) atoms. The minimum absolute atomic E-state index is 0.366. The van der Waals surface area contributed by atoms with E-state index in [-0.39, 0.29) is 0 Å². The van der Waals surface area contributed by atoms with Crippen molar-refractivity contribution >= 4 is 18.6 Å². The van der Waals surface area contributed by atoms with Gasteiger partial charge in [0.1, 0.15) is 5.58 Å². The molecule has 1 aromatic carbocycles. The molecular formula is C9H7F2O4P. The van der Waals surface area contributed by atoms with E-state index in [1.165, 1.54) is 18.4 Å². The number of benzene rings is 1. The van der Waals surface area contributed by atoms with Gasteiger partial charge in [-0.15, -0.1) is 0 Å². The first-order valence-electron chi connectivity index (χ1n) is 4.23. The summed E-state index contributed by atoms with van der Waals surface area (Å²) in [5.74, 6) is 0. The van der Waals surface area contributed by atoms with Gasteiger partial charge < -0.3 is 14.2 Å². The van der Waals surface area contributed by atoms with Crippen molar-refractivity contribution in [1.82, 2.24) is 0 Å². The molecule has 2 rings (SSSR count). The lowest BCUT2D eigenvalue weighted by atomic mass is 10.2. The van der Waals surface area contributed by atoms with E-state index in [9.17, 15) is 13.3 Å². The van der Waals surface area contributed by atoms with Crippen molar-refractivity contribution < 1.29 is 27.5 Å². The Bertz CT molecular complexity index is 572. The predicted molar refractivity (Wildman–Crippen MR) is 52.2 cm³/mol. The highest BCUT2D eigenvalue weighted by Gasteiger charge is 2.50. The van der Waals surface area contributed by atoms with Gasteiger partial charge in [0, 0.05) is 10.9 Å². The average molecular weight is 248 g/mol. The highest BCUT2D eigenvalue weighted by atomic mass is 31.2. The Kier molecular flexibility index (Phi) is 2.38. The number of fused-ring (bicyclic) bond motifs is 1. The average Bonchev–Trinajstić information content (AvgIpc) is 2.61. The van der Waals surface area contributed by atoms with Gasteiger partial charge in [-0.2, -0.15) is 8.78 Å². The molecule has 0 bridgehead atoms. The molecule has 0 aliphatic carbocycles. The summed E-state index contributed by atoms with van der Waals surface area (Å²) in [5, 5.41) is 0.366. The lowest BCUT2D eigenvalue weighted by Crippen LogP contribution is -2.13. The summed E-state index contributed by atoms with van der Waals surface area (Å²) in [7, 11) is -5.51. The molecule has 0 atom stereocenters. The second-order valence-electron chi connectivity index (χ2n) is 3.26. The van der Waals surface area contributed by atoms with Gasteiger partial charge in [0.15, 0.2) is 0 Å². The Labute approximate surface area is 88.7 Å². The second kappa shape index (κ2) is 3.38. The standard InChI is InChI=1S/C9H7F2O4P/c10-9(11,16(12,13)14)7-1-2-8-6(5-7)3-4-15-8/h1-5H,(H2,12,13,14). The van der Waals surface area contributed by atoms with Crippen molar-refractivity contribution in [2.75, 3.05) is 0 Å². The molecule has 7 heteroatoms. The fraction of sp³-hybridized carbons (Fsp3) is 0.111. The summed E-state index contributed by atoms with van der Waals surface area (Å²) in [6.07, 6.45) is 1.31. The monoisotopic (exact) mass is 248 g/mol. The van der Waals surface area contributed by atoms with Gasteiger partial charge in [0.05, 0.1) is 6.26 Å². The Morgan fingerprint density at radius 3 is 2.56 bits per heavy atom. The van der Waals surface area contributed by atoms with Gasteiger partial charge in [-0.3, -0.25) is 4.57 Å². The summed E-state index contributed by atoms with van der Waals surface area (Å²) >= 11 is 0. The minimum Gasteiger partial charge on any atom is -0.464 e. The van der Waals surface area contributed by atoms with Crippen LogP contribution in [0.25, 0.3) is 11.0 Å². The molecule has 0 saturated carbocycles. The maximum atomic E-state index is 13.3. The second-order valence-corrected chi connectivity index (χ2v) is 4.91. The molecule has 0 fully saturated rings. The van der Waals surface area contributed by atoms with E-state index < -0.39 is 18.8 Å². The topological polar surface area (TPSA) is 70.7 Å². The number of hydrogen-bond acceptors (Lipinski definition) is 2. The van der Waals surface area contributed by atoms with Crippen molar-refractivity contribution in [3.63, 3.8) is 0 Å². The van der Waals surface area contributed by atoms with E-state index in [1.54, 1.807) is 0 Å². The largest absolute Gasteiger partial charge is 0.464 e. The molecule has 0 spiro atoms. The first kappa shape index (κ1) is 11.3. The van der Waals surface area contributed by atoms with Gasteiger partial charge in [-0.1, -0.05) is 0 Å². The summed E-state index contributed by atoms with van der Waals surface area (Å²) in [6, 6.07) is 4.62. The van der Waals surface area contributed by atoms with Crippen LogP contribution in [0.3, 0.4) is 0 Å². The number of alkyl halides is 2. The van der Waals surface area contributed by atoms with E-state index >= 15 is 0 Å². The van der Waals surface area contributed by atoms with Crippen molar-refractivity contribution in [1.29, 1.82) is 0 Å². The third-order valence-corrected chi connectivity index (χ3v) is 3.16. The summed E-state index contributed by atoms with van der Waals surface area (Å²) < 4.78 is 42.2. The van der Waals surface area contributed by atoms with Crippen molar-refractivity contribution in [2.45, 2.75) is 5.66 Å². The highest BCUT2D eigenvalue weighted by Crippen LogP contribution is 2.59. The lowest BCUT2D eigenvalue weighted by Gasteiger charge is -2.17. The summed E-state index contributed by atoms with van der Waals surface area (Å²) in [6.45, 7) is 0. The number of furan rings is 1. The first-order chi connectivity index (χ1) is 7.32. The molecule has 0 unspecified atom stereocenters. The van der Waals surface area contributed by atoms with Crippen LogP contribution in [0.1, 0.15) is 5.56 Å². The Morgan fingerprint density at radius 1 is 1.25 bits per heavy atom. The van der Waals surface area contributed by atoms with Gasteiger partial charge in [-0.05, 0) is 24.3 Å². The zero-order valence-electron chi connectivity index (χ0n) is 7.80. The van der Waals surface area contributed by atoms with Crippen molar-refractivity contribution in [2.24, 2.45) is 0 Å². The van der Waals surface area contributed by atoms with Gasteiger partial charge in [0.2, 0.25) is 0 Å². The molecule has 1 heterocycles. The summed E-state index contributed by atoms with van der Waals surface area (Å²) in [5.41, 5.74) is -4.53. The van der Waals surface area contributed by atoms with Crippen LogP contribution in [0.2, 0.25) is 0 Å². The fourth-order valence-electron chi connectivity index (χ4n) is 1.32. The zero-order valence-corrected chi connectivity index (χ0v) is 8.70. The molecule has 2 aromatic rings. The van der Waals surface area contributed by atoms with Crippen LogP contribution in [0, 0.1) is 0 Å². The van der Waals surface area contributed by atoms with E-state index in [0.717, 1.165) is 12.1 Å². The molecule has 0 radical (unpaired) electrons. The molecule has 0 aliphatic rings. The maximum Gasteiger partial charge on any atom is 0.399 e. The predicted octanol–water partition coefficient (Wildman–Crippen LogP) is 2.66. The Hall–Kier alpha value is -1.23. The minimum atomic E-state index is -5.51. The number of hydrogen-bond donors (Lipinski definition) is 2. The van der Waals surface area contributed by atoms with Crippen LogP contribution in [0.15, 0.2) is 34.9 Å². The normalized spacial score (nSPS) is 13.2. The SMILES string of the molecule is O=P(O)(O)C(F)(F)c1ccc2occc2c1. The Balaban J connectivity index is 2.59. The highest BCUT2D eigenvalue weighted by molar-refractivity contribution is 7.52. The van der Waals surface area contributed by atoms with E-state index in [2.05, 4.69) is 0 Å². The van der Waals surface area contributed by atoms with Crippen LogP contribution < -0.4 is 0 Å². The van der Waals surface area contributed by atoms with Crippen molar-refractivity contribution in [3.05, 3.63) is 36.1 Å². The fourth-order valence-corrected chi connectivity index (χ4v) is 1.80. The molecule has 0 saturated heterocycles. The zero-order chi connectivity index (χ0) is 12.0. The van der Waals surface area contributed by atoms with E-state index in [4.69, 9.17) is 14.2 Å². The third kappa shape index (κ3) is 1.65. The van der Waals surface area contributed by atoms with Crippen LogP contribution in [0.4, 0.5) is 8.78 Å². The molecular weight excluding hydrogens is 241 g/mol. The molecule has 1 aromatic heterocycles. The van der Waals surface area contributed by atoms with E-state index in [1.807, 2.05) is 0 Å². The molecule has 0 aliphatic heterocycles. The lowest BCUT2D eigenvalue weighted by molar-refractivity contribution is 0.0566. The molecule has 86 valence electrons. The quantitative estimate of drug-likeness (QED) is 0.801. The first-order valence-corrected chi connectivity index (χ1v) is 5.85. The van der Waals surface area contributed by atoms with Gasteiger partial charge in [-0.25, -0.2) is 0 Å². The van der Waals surface area contributed by atoms with E-state index in [0.29, 0.717) is 11.0 Å². The van der Waals surface area contributed by atoms with Crippen LogP contribution >= 0.6 is 7.60 Å². The number of rotatable bonds is 2. The molecule has 0 amide bonds. The molecule has 2 N–H and O–H groups in total. The van der Waals surface area contributed by atoms with Crippen LogP contribution in [0.5, 0.6) is 0 Å².